The molecule has 2 heterocycles. The van der Waals surface area contributed by atoms with Gasteiger partial charge >= 0.3 is 0 Å². The number of hydrogen-bond donors (Lipinski definition) is 1. The second-order valence-electron chi connectivity index (χ2n) is 7.14. The molecule has 0 radical (unpaired) electrons. The van der Waals surface area contributed by atoms with Gasteiger partial charge in [0.25, 0.3) is 5.56 Å². The van der Waals surface area contributed by atoms with Gasteiger partial charge in [-0.15, -0.1) is 0 Å². The third-order valence-corrected chi connectivity index (χ3v) is 5.27. The number of halogens is 2. The van der Waals surface area contributed by atoms with E-state index in [0.717, 1.165) is 22.4 Å². The Labute approximate surface area is 177 Å². The normalized spacial score (nSPS) is 11.6. The molecule has 29 heavy (non-hydrogen) atoms. The number of hydrogen-bond acceptors (Lipinski definition) is 4. The first-order valence-electron chi connectivity index (χ1n) is 9.17. The first kappa shape index (κ1) is 21.2. The Hall–Kier alpha value is -2.51. The molecule has 2 aromatic heterocycles. The fourth-order valence-corrected chi connectivity index (χ4v) is 3.77. The van der Waals surface area contributed by atoms with Crippen molar-refractivity contribution < 1.29 is 9.13 Å². The average Bonchev–Trinajstić information content (AvgIpc) is 2.69. The van der Waals surface area contributed by atoms with E-state index in [9.17, 15) is 9.18 Å². The second-order valence-corrected chi connectivity index (χ2v) is 7.94. The summed E-state index contributed by atoms with van der Waals surface area (Å²) in [4.78, 5) is 17.2. The van der Waals surface area contributed by atoms with Crippen molar-refractivity contribution in [1.29, 1.82) is 0 Å². The Morgan fingerprint density at radius 2 is 2.00 bits per heavy atom. The molecule has 1 aromatic carbocycles. The molecule has 0 atom stereocenters. The average molecular weight is 460 g/mol. The Bertz CT molecular complexity index is 1100. The maximum absolute atomic E-state index is 14.6. The van der Waals surface area contributed by atoms with Gasteiger partial charge < -0.3 is 10.1 Å². The number of nitrogens with zero attached hydrogens (tertiary/aromatic N) is 2. The van der Waals surface area contributed by atoms with Crippen LogP contribution < -0.4 is 10.9 Å². The molecule has 0 aliphatic rings. The summed E-state index contributed by atoms with van der Waals surface area (Å²) in [5, 5.41) is 3.20. The number of benzene rings is 1. The van der Waals surface area contributed by atoms with Crippen LogP contribution in [0.25, 0.3) is 22.5 Å². The zero-order chi connectivity index (χ0) is 21.2. The van der Waals surface area contributed by atoms with E-state index in [4.69, 9.17) is 4.74 Å². The van der Waals surface area contributed by atoms with Gasteiger partial charge in [-0.1, -0.05) is 30.8 Å². The minimum Gasteiger partial charge on any atom is -0.383 e. The molecular weight excluding hydrogens is 437 g/mol. The van der Waals surface area contributed by atoms with Crippen LogP contribution in [-0.2, 0) is 10.4 Å². The summed E-state index contributed by atoms with van der Waals surface area (Å²) in [6, 6.07) is 11.4. The number of alkyl halides is 1. The van der Waals surface area contributed by atoms with Gasteiger partial charge in [-0.05, 0) is 53.0 Å². The SMILES string of the molecule is C=C(NCCOC)c1ccc(-c2cccn3c(=O)c(Br)c(C(C)(C)F)nc23)cc1. The molecule has 152 valence electrons. The molecule has 5 nitrogen and oxygen atoms in total. The van der Waals surface area contributed by atoms with Crippen LogP contribution in [0.15, 0.2) is 58.4 Å². The monoisotopic (exact) mass is 459 g/mol. The van der Waals surface area contributed by atoms with Crippen molar-refractivity contribution in [2.24, 2.45) is 0 Å². The fourth-order valence-electron chi connectivity index (χ4n) is 3.02. The number of rotatable bonds is 7. The first-order chi connectivity index (χ1) is 13.7. The summed E-state index contributed by atoms with van der Waals surface area (Å²) in [6.45, 7) is 8.07. The fraction of sp³-hybridized carbons (Fsp3) is 0.273. The van der Waals surface area contributed by atoms with Gasteiger partial charge in [0.15, 0.2) is 0 Å². The molecule has 0 aliphatic heterocycles. The molecule has 1 N–H and O–H groups in total. The van der Waals surface area contributed by atoms with Crippen LogP contribution >= 0.6 is 15.9 Å². The molecule has 0 bridgehead atoms. The lowest BCUT2D eigenvalue weighted by atomic mass is 10.0. The van der Waals surface area contributed by atoms with Crippen LogP contribution in [0.3, 0.4) is 0 Å². The van der Waals surface area contributed by atoms with E-state index in [0.29, 0.717) is 18.8 Å². The van der Waals surface area contributed by atoms with Gasteiger partial charge in [0.05, 0.1) is 12.3 Å². The van der Waals surface area contributed by atoms with Gasteiger partial charge in [0, 0.05) is 31.1 Å². The Morgan fingerprint density at radius 1 is 1.31 bits per heavy atom. The maximum atomic E-state index is 14.6. The van der Waals surface area contributed by atoms with Crippen molar-refractivity contribution in [1.82, 2.24) is 14.7 Å². The summed E-state index contributed by atoms with van der Waals surface area (Å²) >= 11 is 3.21. The summed E-state index contributed by atoms with van der Waals surface area (Å²) in [5.74, 6) is 0. The van der Waals surface area contributed by atoms with Crippen LogP contribution in [0.4, 0.5) is 4.39 Å². The molecule has 3 aromatic rings. The molecule has 7 heteroatoms. The molecular formula is C22H23BrFN3O2. The lowest BCUT2D eigenvalue weighted by Crippen LogP contribution is -2.24. The summed E-state index contributed by atoms with van der Waals surface area (Å²) in [6.07, 6.45) is 1.63. The Balaban J connectivity index is 2.05. The van der Waals surface area contributed by atoms with Gasteiger partial charge in [-0.25, -0.2) is 9.37 Å². The quantitative estimate of drug-likeness (QED) is 0.527. The molecule has 3 rings (SSSR count). The van der Waals surface area contributed by atoms with Gasteiger partial charge in [0.1, 0.15) is 15.8 Å². The van der Waals surface area contributed by atoms with E-state index in [1.807, 2.05) is 30.3 Å². The smallest absolute Gasteiger partial charge is 0.272 e. The molecule has 0 unspecified atom stereocenters. The number of nitrogens with one attached hydrogen (secondary N) is 1. The highest BCUT2D eigenvalue weighted by atomic mass is 79.9. The third-order valence-electron chi connectivity index (χ3n) is 4.55. The summed E-state index contributed by atoms with van der Waals surface area (Å²) < 4.78 is 21.2. The number of fused-ring (bicyclic) bond motifs is 1. The zero-order valence-electron chi connectivity index (χ0n) is 16.6. The molecule has 0 amide bonds. The van der Waals surface area contributed by atoms with E-state index in [-0.39, 0.29) is 15.7 Å². The molecule has 0 aliphatic carbocycles. The largest absolute Gasteiger partial charge is 0.383 e. The van der Waals surface area contributed by atoms with Crippen molar-refractivity contribution in [2.75, 3.05) is 20.3 Å². The van der Waals surface area contributed by atoms with Crippen molar-refractivity contribution >= 4 is 27.3 Å². The number of methoxy groups -OCH3 is 1. The highest BCUT2D eigenvalue weighted by Gasteiger charge is 2.27. The van der Waals surface area contributed by atoms with E-state index in [2.05, 4.69) is 32.8 Å². The van der Waals surface area contributed by atoms with Crippen LogP contribution in [0.1, 0.15) is 25.1 Å². The lowest BCUT2D eigenvalue weighted by Gasteiger charge is -2.17. The van der Waals surface area contributed by atoms with Gasteiger partial charge in [-0.3, -0.25) is 9.20 Å². The van der Waals surface area contributed by atoms with Crippen molar-refractivity contribution in [3.8, 4) is 11.1 Å². The summed E-state index contributed by atoms with van der Waals surface area (Å²) in [7, 11) is 1.65. The molecule has 0 fully saturated rings. The van der Waals surface area contributed by atoms with Crippen molar-refractivity contribution in [2.45, 2.75) is 19.5 Å². The molecule has 0 saturated carbocycles. The highest BCUT2D eigenvalue weighted by Crippen LogP contribution is 2.30. The number of ether oxygens (including phenoxy) is 1. The van der Waals surface area contributed by atoms with Crippen LogP contribution in [0.2, 0.25) is 0 Å². The molecule has 0 saturated heterocycles. The molecule has 0 spiro atoms. The zero-order valence-corrected chi connectivity index (χ0v) is 18.2. The number of pyridine rings is 1. The second kappa shape index (κ2) is 8.47. The topological polar surface area (TPSA) is 55.6 Å². The lowest BCUT2D eigenvalue weighted by molar-refractivity contribution is 0.203. The van der Waals surface area contributed by atoms with Gasteiger partial charge in [0.2, 0.25) is 0 Å². The Morgan fingerprint density at radius 3 is 2.62 bits per heavy atom. The van der Waals surface area contributed by atoms with Crippen LogP contribution in [-0.4, -0.2) is 29.6 Å². The van der Waals surface area contributed by atoms with E-state index in [1.165, 1.54) is 18.2 Å². The van der Waals surface area contributed by atoms with Crippen LogP contribution in [0.5, 0.6) is 0 Å². The Kier molecular flexibility index (Phi) is 6.19. The van der Waals surface area contributed by atoms with Crippen LogP contribution in [0, 0.1) is 0 Å². The van der Waals surface area contributed by atoms with Crippen molar-refractivity contribution in [3.05, 3.63) is 75.3 Å². The number of aromatic nitrogens is 2. The maximum Gasteiger partial charge on any atom is 0.272 e. The highest BCUT2D eigenvalue weighted by molar-refractivity contribution is 9.10. The summed E-state index contributed by atoms with van der Waals surface area (Å²) in [5.41, 5.74) is 1.75. The first-order valence-corrected chi connectivity index (χ1v) is 9.96. The minimum absolute atomic E-state index is 0.0855. The van der Waals surface area contributed by atoms with Crippen molar-refractivity contribution in [3.63, 3.8) is 0 Å². The standard InChI is InChI=1S/C22H23BrFN3O2/c1-14(25-11-13-29-4)15-7-9-16(10-8-15)17-6-5-12-27-20(17)26-19(22(2,3)24)18(23)21(27)28/h5-10,12,25H,1,11,13H2,2-4H3. The van der Waals surface area contributed by atoms with E-state index in [1.54, 1.807) is 19.4 Å². The van der Waals surface area contributed by atoms with E-state index >= 15 is 0 Å². The predicted octanol–water partition coefficient (Wildman–Crippen LogP) is 4.54. The third kappa shape index (κ3) is 4.41. The van der Waals surface area contributed by atoms with Gasteiger partial charge in [-0.2, -0.15) is 0 Å². The predicted molar refractivity (Wildman–Crippen MR) is 118 cm³/mol. The minimum atomic E-state index is -1.75. The van der Waals surface area contributed by atoms with E-state index < -0.39 is 5.67 Å².